The Labute approximate surface area is 107 Å². The van der Waals surface area contributed by atoms with Crippen LogP contribution in [0.2, 0.25) is 0 Å². The summed E-state index contributed by atoms with van der Waals surface area (Å²) in [5, 5.41) is 0. The second-order valence-corrected chi connectivity index (χ2v) is 6.00. The van der Waals surface area contributed by atoms with E-state index >= 15 is 0 Å². The van der Waals surface area contributed by atoms with Gasteiger partial charge in [0.15, 0.2) is 0 Å². The van der Waals surface area contributed by atoms with E-state index in [2.05, 4.69) is 0 Å². The predicted octanol–water partition coefficient (Wildman–Crippen LogP) is 1.92. The zero-order valence-electron chi connectivity index (χ0n) is 10.8. The Morgan fingerprint density at radius 1 is 1.11 bits per heavy atom. The zero-order valence-corrected chi connectivity index (χ0v) is 10.8. The molecule has 4 atom stereocenters. The first-order chi connectivity index (χ1) is 8.69. The Bertz CT molecular complexity index is 361. The van der Waals surface area contributed by atoms with Gasteiger partial charge in [0.25, 0.3) is 0 Å². The fourth-order valence-corrected chi connectivity index (χ4v) is 3.60. The van der Waals surface area contributed by atoms with Crippen LogP contribution in [-0.4, -0.2) is 25.2 Å². The highest BCUT2D eigenvalue weighted by molar-refractivity contribution is 5.81. The van der Waals surface area contributed by atoms with Crippen LogP contribution in [0.15, 0.2) is 0 Å². The average Bonchev–Trinajstić information content (AvgIpc) is 3.00. The van der Waals surface area contributed by atoms with Crippen LogP contribution in [0, 0.1) is 23.7 Å². The van der Waals surface area contributed by atoms with Gasteiger partial charge in [-0.25, -0.2) is 4.79 Å². The quantitative estimate of drug-likeness (QED) is 0.717. The van der Waals surface area contributed by atoms with Crippen LogP contribution in [0.3, 0.4) is 0 Å². The molecule has 0 aliphatic heterocycles. The maximum absolute atomic E-state index is 12.2. The van der Waals surface area contributed by atoms with E-state index in [1.807, 2.05) is 0 Å². The Balaban J connectivity index is 1.60. The zero-order chi connectivity index (χ0) is 12.7. The maximum Gasteiger partial charge on any atom is 0.347 e. The van der Waals surface area contributed by atoms with Gasteiger partial charge in [0.05, 0.1) is 13.0 Å². The lowest BCUT2D eigenvalue weighted by molar-refractivity contribution is -0.171. The number of esters is 2. The van der Waals surface area contributed by atoms with E-state index in [4.69, 9.17) is 9.47 Å². The molecule has 3 fully saturated rings. The standard InChI is InChI=1S/C14H20O4/c1-17-14(16)12(9-4-5-9)18-13(15)11-7-8-2-3-10(11)6-8/h8-12H,2-7H2,1H3. The lowest BCUT2D eigenvalue weighted by Crippen LogP contribution is -2.34. The van der Waals surface area contributed by atoms with Crippen LogP contribution in [0.4, 0.5) is 0 Å². The van der Waals surface area contributed by atoms with E-state index in [0.29, 0.717) is 11.8 Å². The molecule has 3 saturated carbocycles. The first-order valence-electron chi connectivity index (χ1n) is 6.97. The van der Waals surface area contributed by atoms with Gasteiger partial charge in [-0.2, -0.15) is 0 Å². The van der Waals surface area contributed by atoms with Gasteiger partial charge in [-0.1, -0.05) is 6.42 Å². The van der Waals surface area contributed by atoms with Gasteiger partial charge >= 0.3 is 11.9 Å². The fraction of sp³-hybridized carbons (Fsp3) is 0.857. The molecule has 0 amide bonds. The van der Waals surface area contributed by atoms with Gasteiger partial charge in [0.2, 0.25) is 6.10 Å². The van der Waals surface area contributed by atoms with E-state index in [1.165, 1.54) is 20.0 Å². The van der Waals surface area contributed by atoms with Crippen LogP contribution in [0.25, 0.3) is 0 Å². The van der Waals surface area contributed by atoms with Gasteiger partial charge in [-0.15, -0.1) is 0 Å². The molecule has 2 bridgehead atoms. The minimum atomic E-state index is -0.651. The minimum Gasteiger partial charge on any atom is -0.466 e. The van der Waals surface area contributed by atoms with E-state index in [0.717, 1.165) is 25.7 Å². The molecule has 0 aromatic carbocycles. The summed E-state index contributed by atoms with van der Waals surface area (Å²) >= 11 is 0. The largest absolute Gasteiger partial charge is 0.466 e. The summed E-state index contributed by atoms with van der Waals surface area (Å²) in [4.78, 5) is 23.8. The van der Waals surface area contributed by atoms with Gasteiger partial charge in [-0.05, 0) is 43.9 Å². The van der Waals surface area contributed by atoms with Crippen LogP contribution < -0.4 is 0 Å². The highest BCUT2D eigenvalue weighted by Crippen LogP contribution is 2.49. The summed E-state index contributed by atoms with van der Waals surface area (Å²) in [6, 6.07) is 0. The van der Waals surface area contributed by atoms with Crippen molar-refractivity contribution >= 4 is 11.9 Å². The molecule has 0 heterocycles. The summed E-state index contributed by atoms with van der Waals surface area (Å²) < 4.78 is 10.2. The summed E-state index contributed by atoms with van der Waals surface area (Å²) in [6.45, 7) is 0. The lowest BCUT2D eigenvalue weighted by atomic mass is 9.89. The second kappa shape index (κ2) is 4.56. The normalized spacial score (nSPS) is 35.3. The lowest BCUT2D eigenvalue weighted by Gasteiger charge is -2.23. The molecule has 100 valence electrons. The first kappa shape index (κ1) is 12.0. The molecule has 3 aliphatic carbocycles. The summed E-state index contributed by atoms with van der Waals surface area (Å²) in [6.07, 6.45) is 5.82. The topological polar surface area (TPSA) is 52.6 Å². The molecule has 0 saturated heterocycles. The van der Waals surface area contributed by atoms with Gasteiger partial charge in [-0.3, -0.25) is 4.79 Å². The number of methoxy groups -OCH3 is 1. The van der Waals surface area contributed by atoms with E-state index in [-0.39, 0.29) is 17.8 Å². The van der Waals surface area contributed by atoms with E-state index in [1.54, 1.807) is 0 Å². The highest BCUT2D eigenvalue weighted by atomic mass is 16.6. The van der Waals surface area contributed by atoms with Crippen LogP contribution in [-0.2, 0) is 19.1 Å². The minimum absolute atomic E-state index is 0.0367. The molecule has 4 heteroatoms. The Kier molecular flexibility index (Phi) is 3.04. The summed E-state index contributed by atoms with van der Waals surface area (Å²) in [5.41, 5.74) is 0. The van der Waals surface area contributed by atoms with E-state index < -0.39 is 12.1 Å². The molecular weight excluding hydrogens is 232 g/mol. The summed E-state index contributed by atoms with van der Waals surface area (Å²) in [7, 11) is 1.35. The van der Waals surface area contributed by atoms with Gasteiger partial charge in [0.1, 0.15) is 0 Å². The number of hydrogen-bond donors (Lipinski definition) is 0. The van der Waals surface area contributed by atoms with Crippen molar-refractivity contribution in [1.29, 1.82) is 0 Å². The molecule has 0 radical (unpaired) electrons. The molecule has 0 aromatic rings. The fourth-order valence-electron chi connectivity index (χ4n) is 3.60. The van der Waals surface area contributed by atoms with Crippen LogP contribution in [0.5, 0.6) is 0 Å². The maximum atomic E-state index is 12.2. The smallest absolute Gasteiger partial charge is 0.347 e. The number of ether oxygens (including phenoxy) is 2. The Morgan fingerprint density at radius 2 is 1.89 bits per heavy atom. The molecule has 4 unspecified atom stereocenters. The van der Waals surface area contributed by atoms with Crippen LogP contribution >= 0.6 is 0 Å². The first-order valence-corrected chi connectivity index (χ1v) is 6.97. The van der Waals surface area contributed by atoms with Crippen LogP contribution in [0.1, 0.15) is 38.5 Å². The van der Waals surface area contributed by atoms with Gasteiger partial charge in [0, 0.05) is 5.92 Å². The number of carbonyl (C=O) groups is 2. The number of fused-ring (bicyclic) bond motifs is 2. The Morgan fingerprint density at radius 3 is 2.39 bits per heavy atom. The molecule has 0 N–H and O–H groups in total. The monoisotopic (exact) mass is 252 g/mol. The Hall–Kier alpha value is -1.06. The molecule has 4 nitrogen and oxygen atoms in total. The number of rotatable bonds is 4. The average molecular weight is 252 g/mol. The third-order valence-electron chi connectivity index (χ3n) is 4.77. The molecule has 0 spiro atoms. The van der Waals surface area contributed by atoms with Crippen molar-refractivity contribution in [2.75, 3.05) is 7.11 Å². The number of hydrogen-bond acceptors (Lipinski definition) is 4. The number of carbonyl (C=O) groups excluding carboxylic acids is 2. The van der Waals surface area contributed by atoms with Gasteiger partial charge < -0.3 is 9.47 Å². The van der Waals surface area contributed by atoms with Crippen molar-refractivity contribution in [3.63, 3.8) is 0 Å². The predicted molar refractivity (Wildman–Crippen MR) is 63.6 cm³/mol. The van der Waals surface area contributed by atoms with E-state index in [9.17, 15) is 9.59 Å². The van der Waals surface area contributed by atoms with Crippen molar-refractivity contribution in [2.45, 2.75) is 44.6 Å². The third kappa shape index (κ3) is 2.13. The van der Waals surface area contributed by atoms with Crippen molar-refractivity contribution in [3.8, 4) is 0 Å². The van der Waals surface area contributed by atoms with Crippen molar-refractivity contribution in [2.24, 2.45) is 23.7 Å². The van der Waals surface area contributed by atoms with Crippen molar-refractivity contribution < 1.29 is 19.1 Å². The van der Waals surface area contributed by atoms with Crippen molar-refractivity contribution in [3.05, 3.63) is 0 Å². The molecule has 0 aromatic heterocycles. The molecule has 3 rings (SSSR count). The molecule has 18 heavy (non-hydrogen) atoms. The highest BCUT2D eigenvalue weighted by Gasteiger charge is 2.47. The summed E-state index contributed by atoms with van der Waals surface area (Å²) in [5.74, 6) is 0.887. The SMILES string of the molecule is COC(=O)C(OC(=O)C1CC2CCC1C2)C1CC1. The second-order valence-electron chi connectivity index (χ2n) is 6.00. The molecule has 3 aliphatic rings. The molecular formula is C14H20O4. The third-order valence-corrected chi connectivity index (χ3v) is 4.77. The van der Waals surface area contributed by atoms with Crippen molar-refractivity contribution in [1.82, 2.24) is 0 Å².